The Morgan fingerprint density at radius 1 is 0.545 bits per heavy atom. The van der Waals surface area contributed by atoms with Crippen LogP contribution in [-0.2, 0) is 32.2 Å². The van der Waals surface area contributed by atoms with Gasteiger partial charge in [-0.2, -0.15) is 0 Å². The van der Waals surface area contributed by atoms with E-state index in [9.17, 15) is 19.2 Å². The van der Waals surface area contributed by atoms with Gasteiger partial charge in [-0.05, 0) is 63.8 Å². The van der Waals surface area contributed by atoms with Gasteiger partial charge >= 0.3 is 12.2 Å². The summed E-state index contributed by atoms with van der Waals surface area (Å²) in [6.07, 6.45) is -1.38. The lowest BCUT2D eigenvalue weighted by Crippen LogP contribution is -2.42. The van der Waals surface area contributed by atoms with E-state index in [0.717, 1.165) is 11.1 Å². The maximum atomic E-state index is 13.1. The Morgan fingerprint density at radius 2 is 0.864 bits per heavy atom. The second-order valence-corrected chi connectivity index (χ2v) is 12.2. The zero-order valence-electron chi connectivity index (χ0n) is 26.1. The van der Waals surface area contributed by atoms with Crippen molar-refractivity contribution in [1.82, 2.24) is 21.3 Å². The quantitative estimate of drug-likeness (QED) is 0.244. The van der Waals surface area contributed by atoms with Crippen LogP contribution in [0.5, 0.6) is 0 Å². The molecule has 0 saturated carbocycles. The van der Waals surface area contributed by atoms with E-state index < -0.39 is 35.5 Å². The molecule has 0 heterocycles. The maximum Gasteiger partial charge on any atom is 0.408 e. The molecular weight excluding hydrogens is 560 g/mol. The van der Waals surface area contributed by atoms with Crippen molar-refractivity contribution in [3.8, 4) is 0 Å². The van der Waals surface area contributed by atoms with Crippen molar-refractivity contribution in [2.24, 2.45) is 0 Å². The Kier molecular flexibility index (Phi) is 11.5. The number of rotatable bonds is 10. The molecular formula is C34H42N4O6. The first-order valence-corrected chi connectivity index (χ1v) is 14.4. The third-order valence-electron chi connectivity index (χ3n) is 6.07. The van der Waals surface area contributed by atoms with E-state index in [-0.39, 0.29) is 24.9 Å². The molecule has 10 heteroatoms. The normalized spacial score (nSPS) is 12.7. The number of hydrogen-bond acceptors (Lipinski definition) is 6. The standard InChI is InChI=1S/C34H42N4O6/c1-33(2,3)43-31(41)37-27(25-13-9-7-10-14-25)29(39)35-21-23-17-19-24(20-18-23)22-36-30(40)28(26-15-11-8-12-16-26)38-32(42)44-34(4,5)6/h7-20,27-28H,21-22H2,1-6H3,(H,35,39)(H,36,40)(H,37,41)(H,38,42)/t27-,28-/m0/s1. The summed E-state index contributed by atoms with van der Waals surface area (Å²) in [4.78, 5) is 51.1. The lowest BCUT2D eigenvalue weighted by atomic mass is 10.1. The van der Waals surface area contributed by atoms with E-state index in [1.807, 2.05) is 36.4 Å². The van der Waals surface area contributed by atoms with Gasteiger partial charge in [-0.3, -0.25) is 9.59 Å². The molecule has 0 radical (unpaired) electrons. The van der Waals surface area contributed by atoms with Crippen LogP contribution in [0.2, 0.25) is 0 Å². The van der Waals surface area contributed by atoms with E-state index in [1.54, 1.807) is 90.1 Å². The molecule has 0 bridgehead atoms. The second-order valence-electron chi connectivity index (χ2n) is 12.2. The van der Waals surface area contributed by atoms with Gasteiger partial charge in [0.05, 0.1) is 0 Å². The number of carbonyl (C=O) groups is 4. The third-order valence-corrected chi connectivity index (χ3v) is 6.07. The van der Waals surface area contributed by atoms with Crippen LogP contribution in [0.25, 0.3) is 0 Å². The molecule has 2 atom stereocenters. The maximum absolute atomic E-state index is 13.1. The molecule has 0 aromatic heterocycles. The van der Waals surface area contributed by atoms with Crippen molar-refractivity contribution >= 4 is 24.0 Å². The molecule has 234 valence electrons. The summed E-state index contributed by atoms with van der Waals surface area (Å²) in [5.74, 6) is -0.773. The molecule has 0 aliphatic heterocycles. The first-order chi connectivity index (χ1) is 20.7. The minimum Gasteiger partial charge on any atom is -0.444 e. The van der Waals surface area contributed by atoms with Crippen molar-refractivity contribution in [3.05, 3.63) is 107 Å². The average molecular weight is 603 g/mol. The largest absolute Gasteiger partial charge is 0.444 e. The Morgan fingerprint density at radius 3 is 1.16 bits per heavy atom. The van der Waals surface area contributed by atoms with Crippen LogP contribution >= 0.6 is 0 Å². The van der Waals surface area contributed by atoms with E-state index in [4.69, 9.17) is 9.47 Å². The van der Waals surface area contributed by atoms with Gasteiger partial charge in [0, 0.05) is 13.1 Å². The van der Waals surface area contributed by atoms with Crippen LogP contribution in [0.15, 0.2) is 84.9 Å². The number of ether oxygens (including phenoxy) is 2. The summed E-state index contributed by atoms with van der Waals surface area (Å²) in [6.45, 7) is 11.0. The number of amides is 4. The van der Waals surface area contributed by atoms with Crippen LogP contribution in [0, 0.1) is 0 Å². The minimum atomic E-state index is -0.938. The SMILES string of the molecule is CC(C)(C)OC(=O)N[C@H](C(=O)NCc1ccc(CNC(=O)[C@@H](NC(=O)OC(C)(C)C)c2ccccc2)cc1)c1ccccc1. The number of alkyl carbamates (subject to hydrolysis) is 2. The van der Waals surface area contributed by atoms with Crippen LogP contribution < -0.4 is 21.3 Å². The van der Waals surface area contributed by atoms with E-state index in [2.05, 4.69) is 21.3 Å². The smallest absolute Gasteiger partial charge is 0.408 e. The van der Waals surface area contributed by atoms with E-state index in [1.165, 1.54) is 0 Å². The molecule has 0 unspecified atom stereocenters. The zero-order chi connectivity index (χ0) is 32.3. The average Bonchev–Trinajstić information content (AvgIpc) is 2.96. The molecule has 0 fully saturated rings. The van der Waals surface area contributed by atoms with Gasteiger partial charge in [0.1, 0.15) is 23.3 Å². The van der Waals surface area contributed by atoms with Gasteiger partial charge in [0.2, 0.25) is 11.8 Å². The van der Waals surface area contributed by atoms with Crippen LogP contribution in [0.1, 0.15) is 75.9 Å². The Balaban J connectivity index is 1.59. The van der Waals surface area contributed by atoms with Crippen molar-refractivity contribution in [1.29, 1.82) is 0 Å². The highest BCUT2D eigenvalue weighted by molar-refractivity contribution is 5.87. The molecule has 0 spiro atoms. The van der Waals surface area contributed by atoms with Crippen LogP contribution in [0.3, 0.4) is 0 Å². The number of carbonyl (C=O) groups excluding carboxylic acids is 4. The Labute approximate surface area is 258 Å². The van der Waals surface area contributed by atoms with Gasteiger partial charge in [0.25, 0.3) is 0 Å². The molecule has 10 nitrogen and oxygen atoms in total. The molecule has 3 aromatic rings. The Bertz CT molecular complexity index is 1290. The molecule has 4 amide bonds. The molecule has 3 aromatic carbocycles. The first-order valence-electron chi connectivity index (χ1n) is 14.4. The second kappa shape index (κ2) is 15.0. The fraction of sp³-hybridized carbons (Fsp3) is 0.353. The topological polar surface area (TPSA) is 135 Å². The lowest BCUT2D eigenvalue weighted by Gasteiger charge is -2.23. The predicted molar refractivity (Wildman–Crippen MR) is 167 cm³/mol. The summed E-state index contributed by atoms with van der Waals surface area (Å²) in [7, 11) is 0. The molecule has 0 aliphatic rings. The lowest BCUT2D eigenvalue weighted by molar-refractivity contribution is -0.124. The highest BCUT2D eigenvalue weighted by Gasteiger charge is 2.27. The number of nitrogens with one attached hydrogen (secondary N) is 4. The number of hydrogen-bond donors (Lipinski definition) is 4. The van der Waals surface area contributed by atoms with E-state index in [0.29, 0.717) is 11.1 Å². The van der Waals surface area contributed by atoms with Gasteiger partial charge in [-0.15, -0.1) is 0 Å². The fourth-order valence-electron chi connectivity index (χ4n) is 4.10. The van der Waals surface area contributed by atoms with Crippen molar-refractivity contribution in [2.45, 2.75) is 77.9 Å². The zero-order valence-corrected chi connectivity index (χ0v) is 26.1. The molecule has 4 N–H and O–H groups in total. The van der Waals surface area contributed by atoms with E-state index >= 15 is 0 Å². The highest BCUT2D eigenvalue weighted by Crippen LogP contribution is 2.17. The van der Waals surface area contributed by atoms with Crippen LogP contribution in [-0.4, -0.2) is 35.2 Å². The first kappa shape index (κ1) is 33.6. The van der Waals surface area contributed by atoms with Gasteiger partial charge in [-0.1, -0.05) is 84.9 Å². The van der Waals surface area contributed by atoms with Crippen LogP contribution in [0.4, 0.5) is 9.59 Å². The monoisotopic (exact) mass is 602 g/mol. The summed E-state index contributed by atoms with van der Waals surface area (Å²) >= 11 is 0. The minimum absolute atomic E-state index is 0.223. The van der Waals surface area contributed by atoms with Crippen molar-refractivity contribution < 1.29 is 28.7 Å². The van der Waals surface area contributed by atoms with Gasteiger partial charge in [0.15, 0.2) is 0 Å². The Hall–Kier alpha value is -4.86. The molecule has 44 heavy (non-hydrogen) atoms. The summed E-state index contributed by atoms with van der Waals surface area (Å²) in [5.41, 5.74) is 1.48. The summed E-state index contributed by atoms with van der Waals surface area (Å²) < 4.78 is 10.7. The van der Waals surface area contributed by atoms with Crippen molar-refractivity contribution in [2.75, 3.05) is 0 Å². The highest BCUT2D eigenvalue weighted by atomic mass is 16.6. The predicted octanol–water partition coefficient (Wildman–Crippen LogP) is 5.45. The summed E-state index contributed by atoms with van der Waals surface area (Å²) in [5, 5.41) is 11.1. The molecule has 0 aliphatic carbocycles. The molecule has 3 rings (SSSR count). The fourth-order valence-corrected chi connectivity index (χ4v) is 4.10. The summed E-state index contributed by atoms with van der Waals surface area (Å²) in [6, 6.07) is 23.4. The van der Waals surface area contributed by atoms with Gasteiger partial charge < -0.3 is 30.7 Å². The number of benzene rings is 3. The third kappa shape index (κ3) is 11.4. The molecule has 0 saturated heterocycles. The van der Waals surface area contributed by atoms with Gasteiger partial charge in [-0.25, -0.2) is 9.59 Å². The van der Waals surface area contributed by atoms with Crippen molar-refractivity contribution in [3.63, 3.8) is 0 Å².